The minimum absolute atomic E-state index is 0.393. The Bertz CT molecular complexity index is 399. The number of rotatable bonds is 3. The highest BCUT2D eigenvalue weighted by Gasteiger charge is 2.55. The van der Waals surface area contributed by atoms with Crippen molar-refractivity contribution < 1.29 is 4.79 Å². The second-order valence-corrected chi connectivity index (χ2v) is 5.49. The van der Waals surface area contributed by atoms with Crippen molar-refractivity contribution >= 4 is 17.4 Å². The molecule has 2 aliphatic carbocycles. The van der Waals surface area contributed by atoms with E-state index < -0.39 is 0 Å². The van der Waals surface area contributed by atoms with Gasteiger partial charge in [-0.2, -0.15) is 0 Å². The van der Waals surface area contributed by atoms with Gasteiger partial charge in [-0.1, -0.05) is 30.2 Å². The molecule has 0 N–H and O–H groups in total. The Morgan fingerprint density at radius 3 is 2.44 bits per heavy atom. The molecule has 0 aromatic heterocycles. The molecule has 0 aliphatic heterocycles. The molecule has 0 bridgehead atoms. The first kappa shape index (κ1) is 10.3. The minimum atomic E-state index is 0.393. The molecule has 2 fully saturated rings. The molecule has 1 nitrogen and oxygen atoms in total. The number of hydrogen-bond acceptors (Lipinski definition) is 1. The van der Waals surface area contributed by atoms with Crippen LogP contribution in [0.25, 0.3) is 0 Å². The van der Waals surface area contributed by atoms with Crippen LogP contribution in [-0.2, 0) is 11.2 Å². The Hall–Kier alpha value is -0.820. The van der Waals surface area contributed by atoms with Gasteiger partial charge in [0.05, 0.1) is 0 Å². The maximum absolute atomic E-state index is 12.0. The van der Waals surface area contributed by atoms with Crippen LogP contribution in [0.5, 0.6) is 0 Å². The molecule has 2 unspecified atom stereocenters. The summed E-state index contributed by atoms with van der Waals surface area (Å²) in [6.45, 7) is 0. The van der Waals surface area contributed by atoms with E-state index in [2.05, 4.69) is 0 Å². The molecule has 2 atom stereocenters. The lowest BCUT2D eigenvalue weighted by atomic mass is 10.0. The van der Waals surface area contributed by atoms with Crippen molar-refractivity contribution in [1.29, 1.82) is 0 Å². The summed E-state index contributed by atoms with van der Waals surface area (Å²) >= 11 is 5.82. The van der Waals surface area contributed by atoms with E-state index in [0.29, 0.717) is 18.1 Å². The molecule has 2 heteroatoms. The van der Waals surface area contributed by atoms with Crippen molar-refractivity contribution in [3.8, 4) is 0 Å². The Kier molecular flexibility index (Phi) is 2.51. The van der Waals surface area contributed by atoms with Crippen LogP contribution in [0.4, 0.5) is 0 Å². The summed E-state index contributed by atoms with van der Waals surface area (Å²) in [7, 11) is 0. The van der Waals surface area contributed by atoms with Crippen molar-refractivity contribution in [1.82, 2.24) is 0 Å². The quantitative estimate of drug-likeness (QED) is 0.783. The lowest BCUT2D eigenvalue weighted by Gasteiger charge is -2.03. The summed E-state index contributed by atoms with van der Waals surface area (Å²) in [6.07, 6.45) is 4.48. The lowest BCUT2D eigenvalue weighted by molar-refractivity contribution is -0.120. The Balaban J connectivity index is 1.63. The molecule has 0 amide bonds. The number of benzene rings is 1. The summed E-state index contributed by atoms with van der Waals surface area (Å²) in [5, 5.41) is 0.736. The minimum Gasteiger partial charge on any atom is -0.299 e. The van der Waals surface area contributed by atoms with Crippen molar-refractivity contribution in [2.24, 2.45) is 17.8 Å². The highest BCUT2D eigenvalue weighted by molar-refractivity contribution is 6.30. The van der Waals surface area contributed by atoms with Crippen molar-refractivity contribution in [3.63, 3.8) is 0 Å². The van der Waals surface area contributed by atoms with Crippen LogP contribution >= 0.6 is 11.6 Å². The van der Waals surface area contributed by atoms with Crippen LogP contribution in [0, 0.1) is 17.8 Å². The molecule has 84 valence electrons. The summed E-state index contributed by atoms with van der Waals surface area (Å²) in [5.41, 5.74) is 1.10. The summed E-state index contributed by atoms with van der Waals surface area (Å²) in [4.78, 5) is 12.0. The van der Waals surface area contributed by atoms with Crippen molar-refractivity contribution in [2.45, 2.75) is 25.7 Å². The maximum Gasteiger partial charge on any atom is 0.140 e. The molecule has 0 heterocycles. The van der Waals surface area contributed by atoms with Gasteiger partial charge in [-0.25, -0.2) is 0 Å². The molecular weight excluding hydrogens is 220 g/mol. The van der Waals surface area contributed by atoms with Gasteiger partial charge >= 0.3 is 0 Å². The van der Waals surface area contributed by atoms with Gasteiger partial charge in [-0.3, -0.25) is 4.79 Å². The van der Waals surface area contributed by atoms with E-state index in [9.17, 15) is 4.79 Å². The predicted octanol–water partition coefficient (Wildman–Crippen LogP) is 3.50. The smallest absolute Gasteiger partial charge is 0.140 e. The molecule has 2 saturated carbocycles. The average molecular weight is 235 g/mol. The van der Waals surface area contributed by atoms with Crippen LogP contribution in [0.2, 0.25) is 5.02 Å². The zero-order valence-corrected chi connectivity index (χ0v) is 9.91. The van der Waals surface area contributed by atoms with E-state index in [0.717, 1.165) is 22.4 Å². The van der Waals surface area contributed by atoms with Crippen LogP contribution in [0.1, 0.15) is 24.8 Å². The third-order valence-corrected chi connectivity index (χ3v) is 4.32. The zero-order valence-electron chi connectivity index (χ0n) is 9.16. The van der Waals surface area contributed by atoms with Gasteiger partial charge in [-0.15, -0.1) is 0 Å². The highest BCUT2D eigenvalue weighted by Crippen LogP contribution is 2.58. The molecule has 0 spiro atoms. The van der Waals surface area contributed by atoms with E-state index in [1.165, 1.54) is 19.3 Å². The summed E-state index contributed by atoms with van der Waals surface area (Å²) in [5.74, 6) is 2.31. The fourth-order valence-corrected chi connectivity index (χ4v) is 3.35. The number of fused-ring (bicyclic) bond motifs is 1. The van der Waals surface area contributed by atoms with Crippen LogP contribution in [0.15, 0.2) is 24.3 Å². The van der Waals surface area contributed by atoms with Gasteiger partial charge in [0.15, 0.2) is 0 Å². The average Bonchev–Trinajstić information content (AvgIpc) is 2.76. The first-order chi connectivity index (χ1) is 7.75. The highest BCUT2D eigenvalue weighted by atomic mass is 35.5. The third-order valence-electron chi connectivity index (χ3n) is 4.07. The zero-order chi connectivity index (χ0) is 11.1. The number of carbonyl (C=O) groups is 1. The van der Waals surface area contributed by atoms with Crippen LogP contribution < -0.4 is 0 Å². The lowest BCUT2D eigenvalue weighted by Crippen LogP contribution is -2.08. The number of hydrogen-bond donors (Lipinski definition) is 0. The maximum atomic E-state index is 12.0. The van der Waals surface area contributed by atoms with Crippen molar-refractivity contribution in [2.75, 3.05) is 0 Å². The molecule has 0 radical (unpaired) electrons. The summed E-state index contributed by atoms with van der Waals surface area (Å²) < 4.78 is 0. The molecule has 2 aliphatic rings. The SMILES string of the molecule is O=C(Cc1ccc(Cl)cc1)C1C2CCCC21. The van der Waals surface area contributed by atoms with E-state index in [1.807, 2.05) is 24.3 Å². The second-order valence-electron chi connectivity index (χ2n) is 5.05. The fourth-order valence-electron chi connectivity index (χ4n) is 3.22. The molecular formula is C14H15ClO. The van der Waals surface area contributed by atoms with E-state index in [1.54, 1.807) is 0 Å². The number of Topliss-reactive ketones (excluding diaryl/α,β-unsaturated/α-hetero) is 1. The first-order valence-corrected chi connectivity index (χ1v) is 6.40. The van der Waals surface area contributed by atoms with Gasteiger partial charge in [0.1, 0.15) is 5.78 Å². The molecule has 1 aromatic rings. The van der Waals surface area contributed by atoms with Gasteiger partial charge < -0.3 is 0 Å². The van der Waals surface area contributed by atoms with Gasteiger partial charge in [0, 0.05) is 17.4 Å². The molecule has 16 heavy (non-hydrogen) atoms. The van der Waals surface area contributed by atoms with Crippen molar-refractivity contribution in [3.05, 3.63) is 34.9 Å². The van der Waals surface area contributed by atoms with Gasteiger partial charge in [-0.05, 0) is 42.4 Å². The summed E-state index contributed by atoms with van der Waals surface area (Å²) in [6, 6.07) is 7.63. The van der Waals surface area contributed by atoms with E-state index >= 15 is 0 Å². The Morgan fingerprint density at radius 1 is 1.19 bits per heavy atom. The first-order valence-electron chi connectivity index (χ1n) is 6.03. The largest absolute Gasteiger partial charge is 0.299 e. The predicted molar refractivity (Wildman–Crippen MR) is 64.5 cm³/mol. The van der Waals surface area contributed by atoms with Gasteiger partial charge in [0.25, 0.3) is 0 Å². The molecule has 3 rings (SSSR count). The third kappa shape index (κ3) is 1.78. The molecule has 0 saturated heterocycles. The Labute approximate surface area is 101 Å². The standard InChI is InChI=1S/C14H15ClO/c15-10-6-4-9(5-7-10)8-13(16)14-11-2-1-3-12(11)14/h4-7,11-12,14H,1-3,8H2. The van der Waals surface area contributed by atoms with Crippen LogP contribution in [0.3, 0.4) is 0 Å². The number of halogens is 1. The number of ketones is 1. The van der Waals surface area contributed by atoms with Gasteiger partial charge in [0.2, 0.25) is 0 Å². The van der Waals surface area contributed by atoms with E-state index in [-0.39, 0.29) is 0 Å². The molecule has 1 aromatic carbocycles. The second kappa shape index (κ2) is 3.89. The van der Waals surface area contributed by atoms with E-state index in [4.69, 9.17) is 11.6 Å². The Morgan fingerprint density at radius 2 is 1.81 bits per heavy atom. The monoisotopic (exact) mass is 234 g/mol. The normalized spacial score (nSPS) is 31.2. The number of carbonyl (C=O) groups excluding carboxylic acids is 1. The van der Waals surface area contributed by atoms with Crippen LogP contribution in [-0.4, -0.2) is 5.78 Å². The topological polar surface area (TPSA) is 17.1 Å². The fraction of sp³-hybridized carbons (Fsp3) is 0.500.